The number of ether oxygens (including phenoxy) is 1. The van der Waals surface area contributed by atoms with E-state index < -0.39 is 10.0 Å². The fourth-order valence-electron chi connectivity index (χ4n) is 3.67. The number of carbonyl (C=O) groups is 1. The molecule has 1 aromatic heterocycles. The smallest absolute Gasteiger partial charge is 0.308 e. The molecule has 0 saturated carbocycles. The highest BCUT2D eigenvalue weighted by atomic mass is 32.2. The van der Waals surface area contributed by atoms with E-state index in [2.05, 4.69) is 4.72 Å². The number of benzene rings is 2. The van der Waals surface area contributed by atoms with Gasteiger partial charge >= 0.3 is 4.87 Å². The van der Waals surface area contributed by atoms with Crippen LogP contribution in [0.15, 0.2) is 52.2 Å². The predicted octanol–water partition coefficient (Wildman–Crippen LogP) is 2.68. The van der Waals surface area contributed by atoms with Gasteiger partial charge in [0.15, 0.2) is 0 Å². The van der Waals surface area contributed by atoms with Crippen LogP contribution >= 0.6 is 11.3 Å². The van der Waals surface area contributed by atoms with Crippen molar-refractivity contribution in [1.29, 1.82) is 0 Å². The summed E-state index contributed by atoms with van der Waals surface area (Å²) in [5, 5.41) is 0. The van der Waals surface area contributed by atoms with Crippen LogP contribution in [-0.4, -0.2) is 50.1 Å². The van der Waals surface area contributed by atoms with Gasteiger partial charge in [-0.25, -0.2) is 8.42 Å². The maximum absolute atomic E-state index is 12.9. The van der Waals surface area contributed by atoms with Crippen molar-refractivity contribution in [3.63, 3.8) is 0 Å². The molecule has 2 heterocycles. The fraction of sp³-hybridized carbons (Fsp3) is 0.364. The third-order valence-electron chi connectivity index (χ3n) is 5.45. The van der Waals surface area contributed by atoms with E-state index in [0.717, 1.165) is 23.3 Å². The zero-order chi connectivity index (χ0) is 22.7. The van der Waals surface area contributed by atoms with Crippen molar-refractivity contribution >= 4 is 43.2 Å². The van der Waals surface area contributed by atoms with Crippen LogP contribution in [0.5, 0.6) is 0 Å². The summed E-state index contributed by atoms with van der Waals surface area (Å²) < 4.78 is 35.7. The number of amides is 1. The van der Waals surface area contributed by atoms with E-state index in [4.69, 9.17) is 4.74 Å². The van der Waals surface area contributed by atoms with Gasteiger partial charge in [-0.15, -0.1) is 0 Å². The van der Waals surface area contributed by atoms with Gasteiger partial charge in [0.25, 0.3) is 10.0 Å². The topological polar surface area (TPSA) is 97.7 Å². The van der Waals surface area contributed by atoms with Gasteiger partial charge in [0, 0.05) is 31.7 Å². The Bertz CT molecular complexity index is 1290. The molecule has 1 amide bonds. The summed E-state index contributed by atoms with van der Waals surface area (Å²) in [5.41, 5.74) is 2.15. The number of nitrogens with one attached hydrogen (secondary N) is 1. The summed E-state index contributed by atoms with van der Waals surface area (Å²) in [7, 11) is -3.80. The highest BCUT2D eigenvalue weighted by Gasteiger charge is 2.20. The van der Waals surface area contributed by atoms with Crippen molar-refractivity contribution in [1.82, 2.24) is 9.47 Å². The quantitative estimate of drug-likeness (QED) is 0.567. The van der Waals surface area contributed by atoms with E-state index in [9.17, 15) is 18.0 Å². The number of aryl methyl sites for hydroxylation is 2. The van der Waals surface area contributed by atoms with Crippen molar-refractivity contribution < 1.29 is 17.9 Å². The zero-order valence-electron chi connectivity index (χ0n) is 17.7. The van der Waals surface area contributed by atoms with E-state index in [-0.39, 0.29) is 28.6 Å². The molecular weight excluding hydrogens is 450 g/mol. The fourth-order valence-corrected chi connectivity index (χ4v) is 5.78. The lowest BCUT2D eigenvalue weighted by Crippen LogP contribution is -2.41. The summed E-state index contributed by atoms with van der Waals surface area (Å²) in [5.74, 6) is -0.0164. The molecule has 10 heteroatoms. The monoisotopic (exact) mass is 475 g/mol. The van der Waals surface area contributed by atoms with Crippen LogP contribution in [0.25, 0.3) is 10.2 Å². The van der Waals surface area contributed by atoms with Crippen LogP contribution in [-0.2, 0) is 32.5 Å². The Morgan fingerprint density at radius 3 is 2.69 bits per heavy atom. The third-order valence-corrected chi connectivity index (χ3v) is 7.77. The number of carbonyl (C=O) groups excluding carboxylic acids is 1. The summed E-state index contributed by atoms with van der Waals surface area (Å²) in [6.45, 7) is 4.44. The number of anilines is 1. The number of nitrogens with zero attached hydrogens (tertiary/aromatic N) is 2. The van der Waals surface area contributed by atoms with Gasteiger partial charge in [0.1, 0.15) is 0 Å². The minimum atomic E-state index is -3.80. The van der Waals surface area contributed by atoms with Crippen molar-refractivity contribution in [3.05, 3.63) is 57.7 Å². The van der Waals surface area contributed by atoms with Crippen molar-refractivity contribution in [2.24, 2.45) is 0 Å². The maximum atomic E-state index is 12.9. The first-order chi connectivity index (χ1) is 15.4. The number of hydrogen-bond acceptors (Lipinski definition) is 6. The second-order valence-electron chi connectivity index (χ2n) is 7.55. The summed E-state index contributed by atoms with van der Waals surface area (Å²) in [6.07, 6.45) is 1.01. The number of thiazole rings is 1. The lowest BCUT2D eigenvalue weighted by Gasteiger charge is -2.26. The summed E-state index contributed by atoms with van der Waals surface area (Å²) in [6, 6.07) is 11.9. The Morgan fingerprint density at radius 2 is 1.94 bits per heavy atom. The standard InChI is InChI=1S/C22H25N3O5S2/c1-2-16-4-3-5-17(14-16)23-32(28,29)18-6-7-19-20(15-18)31-22(27)25(19)9-8-21(26)24-10-12-30-13-11-24/h3-7,14-15,23H,2,8-13H2,1H3. The molecule has 0 aliphatic carbocycles. The predicted molar refractivity (Wildman–Crippen MR) is 125 cm³/mol. The Balaban J connectivity index is 1.53. The highest BCUT2D eigenvalue weighted by molar-refractivity contribution is 7.92. The van der Waals surface area contributed by atoms with Crippen molar-refractivity contribution in [3.8, 4) is 0 Å². The van der Waals surface area contributed by atoms with Gasteiger partial charge in [-0.3, -0.25) is 18.9 Å². The molecule has 32 heavy (non-hydrogen) atoms. The normalized spacial score (nSPS) is 14.6. The van der Waals surface area contributed by atoms with E-state index in [1.807, 2.05) is 19.1 Å². The molecule has 3 aromatic rings. The molecule has 1 N–H and O–H groups in total. The average molecular weight is 476 g/mol. The van der Waals surface area contributed by atoms with Gasteiger partial charge < -0.3 is 9.64 Å². The number of fused-ring (bicyclic) bond motifs is 1. The van der Waals surface area contributed by atoms with E-state index in [1.54, 1.807) is 23.1 Å². The van der Waals surface area contributed by atoms with E-state index >= 15 is 0 Å². The first-order valence-corrected chi connectivity index (χ1v) is 12.8. The van der Waals surface area contributed by atoms with Crippen LogP contribution in [0, 0.1) is 0 Å². The number of aromatic nitrogens is 1. The molecule has 0 spiro atoms. The Hall–Kier alpha value is -2.69. The SMILES string of the molecule is CCc1cccc(NS(=O)(=O)c2ccc3c(c2)sc(=O)n3CCC(=O)N2CCOCC2)c1. The second-order valence-corrected chi connectivity index (χ2v) is 10.2. The number of rotatable bonds is 7. The molecule has 8 nitrogen and oxygen atoms in total. The Kier molecular flexibility index (Phi) is 6.63. The average Bonchev–Trinajstić information content (AvgIpc) is 3.12. The summed E-state index contributed by atoms with van der Waals surface area (Å²) >= 11 is 0.979. The molecule has 0 atom stereocenters. The molecule has 1 aliphatic heterocycles. The molecule has 1 saturated heterocycles. The number of sulfonamides is 1. The minimum absolute atomic E-state index is 0.0164. The molecule has 2 aromatic carbocycles. The highest BCUT2D eigenvalue weighted by Crippen LogP contribution is 2.24. The minimum Gasteiger partial charge on any atom is -0.378 e. The third kappa shape index (κ3) is 4.87. The number of hydrogen-bond donors (Lipinski definition) is 1. The molecule has 1 aliphatic rings. The van der Waals surface area contributed by atoms with Gasteiger partial charge in [-0.2, -0.15) is 0 Å². The molecule has 4 rings (SSSR count). The summed E-state index contributed by atoms with van der Waals surface area (Å²) in [4.78, 5) is 26.6. The van der Waals surface area contributed by atoms with Gasteiger partial charge in [0.2, 0.25) is 5.91 Å². The van der Waals surface area contributed by atoms with E-state index in [1.165, 1.54) is 16.7 Å². The van der Waals surface area contributed by atoms with Crippen LogP contribution in [0.3, 0.4) is 0 Å². The largest absolute Gasteiger partial charge is 0.378 e. The first-order valence-electron chi connectivity index (χ1n) is 10.5. The first kappa shape index (κ1) is 22.5. The van der Waals surface area contributed by atoms with Crippen LogP contribution in [0.2, 0.25) is 0 Å². The molecule has 1 fully saturated rings. The van der Waals surface area contributed by atoms with Crippen LogP contribution in [0.4, 0.5) is 5.69 Å². The van der Waals surface area contributed by atoms with Crippen LogP contribution < -0.4 is 9.60 Å². The lowest BCUT2D eigenvalue weighted by atomic mass is 10.1. The Labute approximate surface area is 190 Å². The van der Waals surface area contributed by atoms with E-state index in [0.29, 0.717) is 42.2 Å². The van der Waals surface area contributed by atoms with Gasteiger partial charge in [0.05, 0.1) is 28.3 Å². The molecular formula is C22H25N3O5S2. The number of morpholine rings is 1. The van der Waals surface area contributed by atoms with Gasteiger partial charge in [-0.1, -0.05) is 30.4 Å². The van der Waals surface area contributed by atoms with Gasteiger partial charge in [-0.05, 0) is 42.3 Å². The maximum Gasteiger partial charge on any atom is 0.308 e. The molecule has 170 valence electrons. The zero-order valence-corrected chi connectivity index (χ0v) is 19.4. The molecule has 0 unspecified atom stereocenters. The Morgan fingerprint density at radius 1 is 1.16 bits per heavy atom. The molecule has 0 bridgehead atoms. The molecule has 0 radical (unpaired) electrons. The van der Waals surface area contributed by atoms with Crippen molar-refractivity contribution in [2.45, 2.75) is 31.2 Å². The van der Waals surface area contributed by atoms with Crippen LogP contribution in [0.1, 0.15) is 18.9 Å². The second kappa shape index (κ2) is 9.43. The lowest BCUT2D eigenvalue weighted by molar-refractivity contribution is -0.135. The van der Waals surface area contributed by atoms with Crippen molar-refractivity contribution in [2.75, 3.05) is 31.0 Å².